The summed E-state index contributed by atoms with van der Waals surface area (Å²) in [6.45, 7) is 7.11. The van der Waals surface area contributed by atoms with Gasteiger partial charge in [0.15, 0.2) is 0 Å². The summed E-state index contributed by atoms with van der Waals surface area (Å²) in [5.41, 5.74) is 6.06. The van der Waals surface area contributed by atoms with E-state index in [9.17, 15) is 0 Å². The second-order valence-corrected chi connectivity index (χ2v) is 6.54. The molecule has 0 spiro atoms. The quantitative estimate of drug-likeness (QED) is 0.247. The first-order chi connectivity index (χ1) is 12.6. The third kappa shape index (κ3) is 7.36. The van der Waals surface area contributed by atoms with Crippen LogP contribution in [0.25, 0.3) is 11.1 Å². The number of hydrogen-bond acceptors (Lipinski definition) is 1. The van der Waals surface area contributed by atoms with Gasteiger partial charge in [-0.05, 0) is 62.1 Å². The summed E-state index contributed by atoms with van der Waals surface area (Å²) in [5.74, 6) is 6.47. The van der Waals surface area contributed by atoms with Gasteiger partial charge >= 0.3 is 0 Å². The Labute approximate surface area is 158 Å². The van der Waals surface area contributed by atoms with Crippen LogP contribution in [0.5, 0.6) is 0 Å². The molecular weight excluding hydrogens is 314 g/mol. The van der Waals surface area contributed by atoms with Crippen LogP contribution in [0.15, 0.2) is 82.9 Å². The predicted molar refractivity (Wildman–Crippen MR) is 115 cm³/mol. The van der Waals surface area contributed by atoms with Crippen molar-refractivity contribution in [2.45, 2.75) is 33.6 Å². The zero-order valence-corrected chi connectivity index (χ0v) is 16.0. The normalized spacial score (nSPS) is 11.1. The lowest BCUT2D eigenvalue weighted by Gasteiger charge is -2.00. The minimum Gasteiger partial charge on any atom is -0.293 e. The van der Waals surface area contributed by atoms with E-state index in [0.717, 1.165) is 24.9 Å². The van der Waals surface area contributed by atoms with E-state index in [4.69, 9.17) is 0 Å². The van der Waals surface area contributed by atoms with Crippen LogP contribution >= 0.6 is 0 Å². The Morgan fingerprint density at radius 3 is 2.31 bits per heavy atom. The fraction of sp³-hybridized carbons (Fsp3) is 0.240. The molecule has 0 aliphatic rings. The Balaban J connectivity index is 1.76. The second kappa shape index (κ2) is 10.9. The second-order valence-electron chi connectivity index (χ2n) is 6.54. The van der Waals surface area contributed by atoms with Crippen molar-refractivity contribution in [2.24, 2.45) is 4.99 Å². The standard InChI is InChI=1S/C25H27N/c1-21(2)20-22(3)17-19-26-18-9-5-6-10-23-13-15-25(16-14-23)24-11-7-4-8-12-24/h4,7-8,11-17,19-20H,5,9,18H2,1-3H3/b22-17-,26-19?. The van der Waals surface area contributed by atoms with Crippen molar-refractivity contribution in [3.8, 4) is 23.0 Å². The largest absolute Gasteiger partial charge is 0.293 e. The number of unbranched alkanes of at least 4 members (excludes halogenated alkanes) is 1. The highest BCUT2D eigenvalue weighted by Crippen LogP contribution is 2.18. The van der Waals surface area contributed by atoms with Gasteiger partial charge in [-0.1, -0.05) is 66.0 Å². The van der Waals surface area contributed by atoms with Crippen LogP contribution in [0.3, 0.4) is 0 Å². The average molecular weight is 341 g/mol. The van der Waals surface area contributed by atoms with Gasteiger partial charge in [0, 0.05) is 24.7 Å². The summed E-state index contributed by atoms with van der Waals surface area (Å²) >= 11 is 0. The number of hydrogen-bond donors (Lipinski definition) is 0. The third-order valence-corrected chi connectivity index (χ3v) is 3.77. The summed E-state index contributed by atoms with van der Waals surface area (Å²) in [6, 6.07) is 18.8. The number of benzene rings is 2. The first kappa shape index (κ1) is 19.5. The van der Waals surface area contributed by atoms with E-state index < -0.39 is 0 Å². The maximum absolute atomic E-state index is 4.41. The van der Waals surface area contributed by atoms with E-state index in [-0.39, 0.29) is 0 Å². The van der Waals surface area contributed by atoms with Crippen LogP contribution in [0.1, 0.15) is 39.2 Å². The molecule has 0 amide bonds. The molecule has 0 N–H and O–H groups in total. The fourth-order valence-electron chi connectivity index (χ4n) is 2.55. The molecule has 2 aromatic rings. The lowest BCUT2D eigenvalue weighted by atomic mass is 10.0. The van der Waals surface area contributed by atoms with Gasteiger partial charge < -0.3 is 0 Å². The van der Waals surface area contributed by atoms with Crippen LogP contribution in [0.2, 0.25) is 0 Å². The number of nitrogens with zero attached hydrogens (tertiary/aromatic N) is 1. The molecule has 1 nitrogen and oxygen atoms in total. The molecule has 26 heavy (non-hydrogen) atoms. The van der Waals surface area contributed by atoms with E-state index in [1.807, 2.05) is 18.4 Å². The average Bonchev–Trinajstić information content (AvgIpc) is 2.64. The van der Waals surface area contributed by atoms with Gasteiger partial charge in [-0.2, -0.15) is 0 Å². The molecule has 0 atom stereocenters. The number of aliphatic imine (C=N–C) groups is 1. The molecule has 0 fully saturated rings. The predicted octanol–water partition coefficient (Wildman–Crippen LogP) is 6.47. The van der Waals surface area contributed by atoms with Crippen LogP contribution in [-0.4, -0.2) is 12.8 Å². The van der Waals surface area contributed by atoms with E-state index in [0.29, 0.717) is 0 Å². The molecule has 0 radical (unpaired) electrons. The highest BCUT2D eigenvalue weighted by atomic mass is 14.7. The molecule has 0 aliphatic carbocycles. The Morgan fingerprint density at radius 1 is 0.923 bits per heavy atom. The van der Waals surface area contributed by atoms with Gasteiger partial charge in [-0.25, -0.2) is 0 Å². The van der Waals surface area contributed by atoms with Crippen LogP contribution in [-0.2, 0) is 0 Å². The summed E-state index contributed by atoms with van der Waals surface area (Å²) in [6.07, 6.45) is 7.95. The monoisotopic (exact) mass is 341 g/mol. The summed E-state index contributed by atoms with van der Waals surface area (Å²) < 4.78 is 0. The van der Waals surface area contributed by atoms with E-state index in [1.165, 1.54) is 22.3 Å². The van der Waals surface area contributed by atoms with Crippen LogP contribution < -0.4 is 0 Å². The minimum atomic E-state index is 0.820. The molecule has 0 heterocycles. The molecule has 0 aliphatic heterocycles. The highest BCUT2D eigenvalue weighted by molar-refractivity contribution is 5.72. The zero-order chi connectivity index (χ0) is 18.6. The van der Waals surface area contributed by atoms with Gasteiger partial charge in [0.05, 0.1) is 0 Å². The minimum absolute atomic E-state index is 0.820. The zero-order valence-electron chi connectivity index (χ0n) is 16.0. The van der Waals surface area contributed by atoms with Crippen molar-refractivity contribution in [2.75, 3.05) is 6.54 Å². The van der Waals surface area contributed by atoms with Crippen molar-refractivity contribution in [1.82, 2.24) is 0 Å². The van der Waals surface area contributed by atoms with Gasteiger partial charge in [0.2, 0.25) is 0 Å². The smallest absolute Gasteiger partial charge is 0.0398 e. The van der Waals surface area contributed by atoms with E-state index in [1.54, 1.807) is 0 Å². The molecule has 0 saturated carbocycles. The molecule has 132 valence electrons. The Morgan fingerprint density at radius 2 is 1.62 bits per heavy atom. The van der Waals surface area contributed by atoms with Gasteiger partial charge in [0.25, 0.3) is 0 Å². The van der Waals surface area contributed by atoms with Crippen molar-refractivity contribution in [3.63, 3.8) is 0 Å². The first-order valence-corrected chi connectivity index (χ1v) is 9.11. The molecule has 0 unspecified atom stereocenters. The van der Waals surface area contributed by atoms with Crippen LogP contribution in [0.4, 0.5) is 0 Å². The Hall–Kier alpha value is -2.85. The van der Waals surface area contributed by atoms with Gasteiger partial charge in [0.1, 0.15) is 0 Å². The highest BCUT2D eigenvalue weighted by Gasteiger charge is 1.95. The molecule has 2 aromatic carbocycles. The summed E-state index contributed by atoms with van der Waals surface area (Å²) in [7, 11) is 0. The number of allylic oxidation sites excluding steroid dienone is 4. The van der Waals surface area contributed by atoms with E-state index in [2.05, 4.69) is 92.2 Å². The van der Waals surface area contributed by atoms with Crippen molar-refractivity contribution >= 4 is 6.21 Å². The molecule has 1 heteroatoms. The van der Waals surface area contributed by atoms with Crippen LogP contribution in [0, 0.1) is 11.8 Å². The first-order valence-electron chi connectivity index (χ1n) is 9.11. The maximum atomic E-state index is 4.41. The van der Waals surface area contributed by atoms with Crippen molar-refractivity contribution in [3.05, 3.63) is 83.5 Å². The Bertz CT molecular complexity index is 821. The fourth-order valence-corrected chi connectivity index (χ4v) is 2.55. The lowest BCUT2D eigenvalue weighted by Crippen LogP contribution is -1.82. The van der Waals surface area contributed by atoms with E-state index >= 15 is 0 Å². The lowest BCUT2D eigenvalue weighted by molar-refractivity contribution is 0.874. The topological polar surface area (TPSA) is 12.4 Å². The summed E-state index contributed by atoms with van der Waals surface area (Å²) in [5, 5.41) is 0. The third-order valence-electron chi connectivity index (χ3n) is 3.77. The molecule has 0 aromatic heterocycles. The molecule has 0 bridgehead atoms. The molecule has 2 rings (SSSR count). The SMILES string of the molecule is CC(C)=C/C(C)=C\C=NCCCC#Cc1ccc(-c2ccccc2)cc1. The summed E-state index contributed by atoms with van der Waals surface area (Å²) in [4.78, 5) is 4.41. The van der Waals surface area contributed by atoms with Gasteiger partial charge in [-0.3, -0.25) is 4.99 Å². The van der Waals surface area contributed by atoms with Crippen molar-refractivity contribution < 1.29 is 0 Å². The van der Waals surface area contributed by atoms with Crippen molar-refractivity contribution in [1.29, 1.82) is 0 Å². The Kier molecular flexibility index (Phi) is 8.16. The van der Waals surface area contributed by atoms with Gasteiger partial charge in [-0.15, -0.1) is 0 Å². The maximum Gasteiger partial charge on any atom is 0.0398 e. The molecular formula is C25H27N. The number of rotatable bonds is 6. The molecule has 0 saturated heterocycles.